The van der Waals surface area contributed by atoms with Crippen molar-refractivity contribution in [3.05, 3.63) is 0 Å². The van der Waals surface area contributed by atoms with Crippen LogP contribution in [-0.2, 0) is 29.4 Å². The number of carbonyl (C=O) groups is 2. The van der Waals surface area contributed by atoms with Gasteiger partial charge < -0.3 is 0 Å². The minimum Gasteiger partial charge on any atom is -0.287 e. The van der Waals surface area contributed by atoms with Gasteiger partial charge in [0.15, 0.2) is 0 Å². The Hall–Kier alpha value is -0.980. The molecule has 0 amide bonds. The van der Waals surface area contributed by atoms with E-state index in [0.29, 0.717) is 6.42 Å². The van der Waals surface area contributed by atoms with E-state index in [1.165, 1.54) is 0 Å². The molecule has 0 N–H and O–H groups in total. The Kier molecular flexibility index (Phi) is 2.96. The van der Waals surface area contributed by atoms with E-state index in [4.69, 9.17) is 0 Å². The van der Waals surface area contributed by atoms with Crippen LogP contribution in [0.2, 0.25) is 0 Å². The van der Waals surface area contributed by atoms with Crippen molar-refractivity contribution in [2.45, 2.75) is 12.8 Å². The molecule has 0 atom stereocenters. The zero-order valence-corrected chi connectivity index (χ0v) is 5.57. The van der Waals surface area contributed by atoms with E-state index >= 15 is 0 Å². The average Bonchev–Trinajstić information content (AvgIpc) is 2.07. The van der Waals surface area contributed by atoms with Crippen molar-refractivity contribution in [2.24, 2.45) is 0 Å². The molecule has 1 heterocycles. The standard InChI is InChI=1S/C5H6O6/c6-4-2-1-3-8-10-11-9-5(4)7/h1-3H2. The lowest BCUT2D eigenvalue weighted by molar-refractivity contribution is -0.616. The molecule has 0 saturated carbocycles. The lowest BCUT2D eigenvalue weighted by atomic mass is 10.2. The van der Waals surface area contributed by atoms with E-state index in [9.17, 15) is 9.59 Å². The summed E-state index contributed by atoms with van der Waals surface area (Å²) in [5.41, 5.74) is 0. The summed E-state index contributed by atoms with van der Waals surface area (Å²) >= 11 is 0. The second kappa shape index (κ2) is 4.02. The second-order valence-corrected chi connectivity index (χ2v) is 1.86. The van der Waals surface area contributed by atoms with Crippen LogP contribution in [0, 0.1) is 0 Å². The summed E-state index contributed by atoms with van der Waals surface area (Å²) in [5, 5.41) is 7.62. The van der Waals surface area contributed by atoms with Crippen molar-refractivity contribution in [3.63, 3.8) is 0 Å². The van der Waals surface area contributed by atoms with Gasteiger partial charge in [0, 0.05) is 11.5 Å². The molecular weight excluding hydrogens is 156 g/mol. The number of ketones is 1. The minimum absolute atomic E-state index is 0.0750. The first-order valence-electron chi connectivity index (χ1n) is 3.00. The Morgan fingerprint density at radius 1 is 1.18 bits per heavy atom. The number of rotatable bonds is 0. The molecule has 6 nitrogen and oxygen atoms in total. The molecule has 0 aromatic rings. The molecule has 1 aliphatic rings. The van der Waals surface area contributed by atoms with Gasteiger partial charge in [-0.15, -0.1) is 0 Å². The maximum atomic E-state index is 10.7. The van der Waals surface area contributed by atoms with Crippen molar-refractivity contribution in [1.82, 2.24) is 0 Å². The second-order valence-electron chi connectivity index (χ2n) is 1.86. The Morgan fingerprint density at radius 2 is 2.00 bits per heavy atom. The van der Waals surface area contributed by atoms with Gasteiger partial charge in [-0.2, -0.15) is 0 Å². The fourth-order valence-corrected chi connectivity index (χ4v) is 0.539. The molecule has 0 aliphatic carbocycles. The van der Waals surface area contributed by atoms with Crippen LogP contribution in [0.4, 0.5) is 0 Å². The highest BCUT2D eigenvalue weighted by Gasteiger charge is 2.18. The number of carbonyl (C=O) groups excluding carboxylic acids is 2. The smallest absolute Gasteiger partial charge is 0.287 e. The molecule has 0 bridgehead atoms. The molecule has 6 heteroatoms. The molecule has 0 spiro atoms. The van der Waals surface area contributed by atoms with E-state index in [-0.39, 0.29) is 13.0 Å². The molecule has 1 saturated heterocycles. The first-order valence-corrected chi connectivity index (χ1v) is 3.00. The molecule has 0 aromatic carbocycles. The molecule has 0 aromatic heterocycles. The zero-order chi connectivity index (χ0) is 8.10. The van der Waals surface area contributed by atoms with Gasteiger partial charge in [-0.25, -0.2) is 9.68 Å². The number of hydrogen-bond donors (Lipinski definition) is 0. The largest absolute Gasteiger partial charge is 0.411 e. The van der Waals surface area contributed by atoms with Crippen LogP contribution >= 0.6 is 0 Å². The Morgan fingerprint density at radius 3 is 2.82 bits per heavy atom. The third kappa shape index (κ3) is 2.62. The van der Waals surface area contributed by atoms with Crippen LogP contribution in [0.25, 0.3) is 0 Å². The van der Waals surface area contributed by atoms with Crippen molar-refractivity contribution >= 4 is 11.8 Å². The van der Waals surface area contributed by atoms with Crippen molar-refractivity contribution in [1.29, 1.82) is 0 Å². The van der Waals surface area contributed by atoms with E-state index in [1.54, 1.807) is 0 Å². The summed E-state index contributed by atoms with van der Waals surface area (Å²) in [6.45, 7) is 0.183. The van der Waals surface area contributed by atoms with Crippen LogP contribution in [0.5, 0.6) is 0 Å². The summed E-state index contributed by atoms with van der Waals surface area (Å²) in [6.07, 6.45) is 0.475. The van der Waals surface area contributed by atoms with Gasteiger partial charge in [-0.1, -0.05) is 0 Å². The predicted octanol–water partition coefficient (Wildman–Crippen LogP) is -0.313. The van der Waals surface area contributed by atoms with E-state index in [0.717, 1.165) is 0 Å². The Bertz CT molecular complexity index is 146. The topological polar surface area (TPSA) is 71.1 Å². The molecule has 11 heavy (non-hydrogen) atoms. The average molecular weight is 162 g/mol. The van der Waals surface area contributed by atoms with Crippen LogP contribution in [0.1, 0.15) is 12.8 Å². The van der Waals surface area contributed by atoms with Crippen molar-refractivity contribution < 1.29 is 29.4 Å². The van der Waals surface area contributed by atoms with Gasteiger partial charge in [-0.3, -0.25) is 9.68 Å². The summed E-state index contributed by atoms with van der Waals surface area (Å²) in [6, 6.07) is 0. The zero-order valence-electron chi connectivity index (χ0n) is 5.57. The monoisotopic (exact) mass is 162 g/mol. The molecule has 1 aliphatic heterocycles. The molecule has 0 unspecified atom stereocenters. The third-order valence-electron chi connectivity index (χ3n) is 1.04. The highest BCUT2D eigenvalue weighted by molar-refractivity contribution is 6.33. The summed E-state index contributed by atoms with van der Waals surface area (Å²) < 4.78 is 0. The maximum absolute atomic E-state index is 10.7. The third-order valence-corrected chi connectivity index (χ3v) is 1.04. The van der Waals surface area contributed by atoms with Crippen LogP contribution in [0.15, 0.2) is 0 Å². The van der Waals surface area contributed by atoms with Gasteiger partial charge in [0.1, 0.15) is 0 Å². The van der Waals surface area contributed by atoms with E-state index < -0.39 is 11.8 Å². The lowest BCUT2D eigenvalue weighted by Crippen LogP contribution is -2.16. The van der Waals surface area contributed by atoms with Gasteiger partial charge in [0.25, 0.3) is 0 Å². The van der Waals surface area contributed by atoms with Crippen LogP contribution in [-0.4, -0.2) is 18.4 Å². The molecule has 0 radical (unpaired) electrons. The summed E-state index contributed by atoms with van der Waals surface area (Å²) in [5.74, 6) is -1.73. The Balaban J connectivity index is 2.42. The summed E-state index contributed by atoms with van der Waals surface area (Å²) in [7, 11) is 0. The summed E-state index contributed by atoms with van der Waals surface area (Å²) in [4.78, 5) is 29.3. The van der Waals surface area contributed by atoms with Gasteiger partial charge in [0.05, 0.1) is 6.61 Å². The van der Waals surface area contributed by atoms with E-state index in [1.807, 2.05) is 0 Å². The Labute approximate surface area is 61.8 Å². The molecule has 1 fully saturated rings. The van der Waals surface area contributed by atoms with Crippen LogP contribution in [0.3, 0.4) is 0 Å². The highest BCUT2D eigenvalue weighted by Crippen LogP contribution is 1.99. The van der Waals surface area contributed by atoms with Crippen molar-refractivity contribution in [2.75, 3.05) is 6.61 Å². The first kappa shape index (κ1) is 8.12. The maximum Gasteiger partial charge on any atom is 0.411 e. The van der Waals surface area contributed by atoms with Gasteiger partial charge in [0.2, 0.25) is 5.78 Å². The lowest BCUT2D eigenvalue weighted by Gasteiger charge is -1.95. The first-order chi connectivity index (χ1) is 5.30. The number of Topliss-reactive ketones (excluding diaryl/α,β-unsaturated/α-hetero) is 1. The minimum atomic E-state index is -1.07. The SMILES string of the molecule is O=C1CCCOOOOC1=O. The molecular formula is C5H6O6. The van der Waals surface area contributed by atoms with Gasteiger partial charge >= 0.3 is 5.97 Å². The van der Waals surface area contributed by atoms with Gasteiger partial charge in [-0.05, 0) is 11.5 Å². The highest BCUT2D eigenvalue weighted by atomic mass is 17.7. The fraction of sp³-hybridized carbons (Fsp3) is 0.600. The van der Waals surface area contributed by atoms with Crippen LogP contribution < -0.4 is 0 Å². The molecule has 1 rings (SSSR count). The quantitative estimate of drug-likeness (QED) is 0.359. The predicted molar refractivity (Wildman–Crippen MR) is 28.5 cm³/mol. The van der Waals surface area contributed by atoms with E-state index in [2.05, 4.69) is 19.9 Å². The number of hydrogen-bond acceptors (Lipinski definition) is 6. The normalized spacial score (nSPS) is 21.5. The van der Waals surface area contributed by atoms with Crippen molar-refractivity contribution in [3.8, 4) is 0 Å². The fourth-order valence-electron chi connectivity index (χ4n) is 0.539. The molecule has 62 valence electrons.